The molecule has 2 N–H and O–H groups in total. The quantitative estimate of drug-likeness (QED) is 0.432. The van der Waals surface area contributed by atoms with Crippen LogP contribution in [0.1, 0.15) is 0 Å². The van der Waals surface area contributed by atoms with Crippen LogP contribution in [-0.4, -0.2) is 60.5 Å². The van der Waals surface area contributed by atoms with Crippen molar-refractivity contribution in [3.63, 3.8) is 0 Å². The summed E-state index contributed by atoms with van der Waals surface area (Å²) in [4.78, 5) is 0. The average Bonchev–Trinajstić information content (AvgIpc) is 1.57. The van der Waals surface area contributed by atoms with Crippen LogP contribution in [0.4, 0.5) is 0 Å². The third-order valence-electron chi connectivity index (χ3n) is 0.599. The summed E-state index contributed by atoms with van der Waals surface area (Å²) in [6.45, 7) is 0. The van der Waals surface area contributed by atoms with E-state index in [0.29, 0.717) is 0 Å². The van der Waals surface area contributed by atoms with Gasteiger partial charge in [-0.25, -0.2) is 0 Å². The minimum absolute atomic E-state index is 0. The molecule has 11 heavy (non-hydrogen) atoms. The standard InChI is InChI=1S/C2H6O6S2.Mg/c3-9(4,5)1-2-10(6,7)8;/h1-2H2,(H,3,4,5)(H,6,7,8);. The van der Waals surface area contributed by atoms with Gasteiger partial charge in [0.05, 0.1) is 11.5 Å². The Balaban J connectivity index is 0. The highest BCUT2D eigenvalue weighted by atomic mass is 32.2. The zero-order valence-corrected chi connectivity index (χ0v) is 8.51. The van der Waals surface area contributed by atoms with E-state index in [0.717, 1.165) is 0 Å². The molecule has 0 aromatic heterocycles. The molecule has 0 atom stereocenters. The molecule has 0 spiro atoms. The van der Waals surface area contributed by atoms with E-state index in [4.69, 9.17) is 9.11 Å². The summed E-state index contributed by atoms with van der Waals surface area (Å²) in [5, 5.41) is 0. The average molecular weight is 215 g/mol. The summed E-state index contributed by atoms with van der Waals surface area (Å²) in [6.07, 6.45) is 0. The van der Waals surface area contributed by atoms with Crippen LogP contribution in [0, 0.1) is 0 Å². The van der Waals surface area contributed by atoms with Crippen LogP contribution in [-0.2, 0) is 20.2 Å². The summed E-state index contributed by atoms with van der Waals surface area (Å²) in [6, 6.07) is 0. The van der Waals surface area contributed by atoms with Crippen molar-refractivity contribution >= 4 is 43.3 Å². The first kappa shape index (κ1) is 14.1. The van der Waals surface area contributed by atoms with E-state index in [-0.39, 0.29) is 23.1 Å². The lowest BCUT2D eigenvalue weighted by molar-refractivity contribution is 0.472. The fraction of sp³-hybridized carbons (Fsp3) is 1.00. The molecule has 0 rings (SSSR count). The molecule has 0 saturated heterocycles. The maximum Gasteiger partial charge on any atom is 0.265 e. The fourth-order valence-electron chi connectivity index (χ4n) is 0.211. The van der Waals surface area contributed by atoms with Gasteiger partial charge in [-0.05, 0) is 0 Å². The molecule has 0 aliphatic rings. The van der Waals surface area contributed by atoms with E-state index in [1.807, 2.05) is 0 Å². The van der Waals surface area contributed by atoms with Gasteiger partial charge in [0.1, 0.15) is 0 Å². The lowest BCUT2D eigenvalue weighted by Gasteiger charge is -1.92. The highest BCUT2D eigenvalue weighted by Crippen LogP contribution is 1.86. The Morgan fingerprint density at radius 2 is 1.00 bits per heavy atom. The fourth-order valence-corrected chi connectivity index (χ4v) is 1.90. The third kappa shape index (κ3) is 13.6. The van der Waals surface area contributed by atoms with Crippen molar-refractivity contribution in [1.29, 1.82) is 0 Å². The van der Waals surface area contributed by atoms with Crippen LogP contribution in [0.2, 0.25) is 0 Å². The van der Waals surface area contributed by atoms with E-state index in [2.05, 4.69) is 0 Å². The van der Waals surface area contributed by atoms with E-state index < -0.39 is 31.7 Å². The van der Waals surface area contributed by atoms with Gasteiger partial charge in [-0.1, -0.05) is 0 Å². The van der Waals surface area contributed by atoms with Gasteiger partial charge in [0.2, 0.25) is 0 Å². The molecular formula is C2H6MgO6S2. The van der Waals surface area contributed by atoms with Crippen LogP contribution < -0.4 is 0 Å². The van der Waals surface area contributed by atoms with Gasteiger partial charge >= 0.3 is 0 Å². The van der Waals surface area contributed by atoms with E-state index in [9.17, 15) is 16.8 Å². The molecule has 6 nitrogen and oxygen atoms in total. The molecule has 0 aromatic rings. The molecule has 0 aliphatic carbocycles. The molecule has 0 fully saturated rings. The minimum Gasteiger partial charge on any atom is -0.286 e. The maximum absolute atomic E-state index is 9.86. The zero-order valence-electron chi connectivity index (χ0n) is 5.47. The van der Waals surface area contributed by atoms with Crippen molar-refractivity contribution in [1.82, 2.24) is 0 Å². The summed E-state index contributed by atoms with van der Waals surface area (Å²) in [5.41, 5.74) is 0. The lowest BCUT2D eigenvalue weighted by Crippen LogP contribution is -2.15. The smallest absolute Gasteiger partial charge is 0.265 e. The summed E-state index contributed by atoms with van der Waals surface area (Å²) >= 11 is 0. The second-order valence-corrected chi connectivity index (χ2v) is 4.72. The number of rotatable bonds is 3. The molecular weight excluding hydrogens is 208 g/mol. The molecule has 0 heterocycles. The highest BCUT2D eigenvalue weighted by molar-refractivity contribution is 7.89. The Labute approximate surface area is 80.6 Å². The molecule has 9 heteroatoms. The normalized spacial score (nSPS) is 12.2. The Kier molecular flexibility index (Phi) is 5.87. The highest BCUT2D eigenvalue weighted by Gasteiger charge is 2.11. The first-order valence-electron chi connectivity index (χ1n) is 2.11. The maximum atomic E-state index is 9.86. The van der Waals surface area contributed by atoms with Crippen molar-refractivity contribution in [3.05, 3.63) is 0 Å². The summed E-state index contributed by atoms with van der Waals surface area (Å²) in [7, 11) is -8.59. The van der Waals surface area contributed by atoms with Crippen molar-refractivity contribution in [2.75, 3.05) is 11.5 Å². The summed E-state index contributed by atoms with van der Waals surface area (Å²) < 4.78 is 55.4. The second kappa shape index (κ2) is 4.57. The zero-order chi connectivity index (χ0) is 8.41. The van der Waals surface area contributed by atoms with Gasteiger partial charge in [0.15, 0.2) is 0 Å². The van der Waals surface area contributed by atoms with Crippen molar-refractivity contribution in [3.8, 4) is 0 Å². The van der Waals surface area contributed by atoms with Gasteiger partial charge in [0.25, 0.3) is 20.2 Å². The molecule has 0 bridgehead atoms. The van der Waals surface area contributed by atoms with Crippen LogP contribution in [0.25, 0.3) is 0 Å². The topological polar surface area (TPSA) is 109 Å². The third-order valence-corrected chi connectivity index (χ3v) is 2.30. The second-order valence-electron chi connectivity index (χ2n) is 1.57. The molecule has 2 radical (unpaired) electrons. The molecule has 64 valence electrons. The first-order chi connectivity index (χ1) is 4.21. The Hall–Kier alpha value is 0.586. The van der Waals surface area contributed by atoms with Crippen LogP contribution in [0.15, 0.2) is 0 Å². The van der Waals surface area contributed by atoms with Crippen molar-refractivity contribution in [2.24, 2.45) is 0 Å². The van der Waals surface area contributed by atoms with Crippen LogP contribution >= 0.6 is 0 Å². The van der Waals surface area contributed by atoms with Gasteiger partial charge < -0.3 is 0 Å². The van der Waals surface area contributed by atoms with Crippen LogP contribution in [0.3, 0.4) is 0 Å². The predicted molar refractivity (Wildman–Crippen MR) is 38.6 cm³/mol. The first-order valence-corrected chi connectivity index (χ1v) is 5.33. The SMILES string of the molecule is O=S(=O)(O)CCS(=O)(=O)O.[Mg]. The Morgan fingerprint density at radius 1 is 0.818 bits per heavy atom. The largest absolute Gasteiger partial charge is 0.286 e. The van der Waals surface area contributed by atoms with E-state index in [1.165, 1.54) is 0 Å². The molecule has 0 unspecified atom stereocenters. The van der Waals surface area contributed by atoms with E-state index >= 15 is 0 Å². The molecule has 0 aromatic carbocycles. The predicted octanol–water partition coefficient (Wildman–Crippen LogP) is -1.62. The molecule has 0 amide bonds. The number of hydrogen-bond donors (Lipinski definition) is 2. The van der Waals surface area contributed by atoms with Gasteiger partial charge in [0, 0.05) is 23.1 Å². The van der Waals surface area contributed by atoms with Gasteiger partial charge in [-0.3, -0.25) is 9.11 Å². The van der Waals surface area contributed by atoms with Crippen molar-refractivity contribution < 1.29 is 25.9 Å². The molecule has 0 aliphatic heterocycles. The summed E-state index contributed by atoms with van der Waals surface area (Å²) in [5.74, 6) is -1.96. The van der Waals surface area contributed by atoms with Gasteiger partial charge in [-0.2, -0.15) is 16.8 Å². The minimum atomic E-state index is -4.30. The molecule has 0 saturated carbocycles. The van der Waals surface area contributed by atoms with Crippen LogP contribution in [0.5, 0.6) is 0 Å². The lowest BCUT2D eigenvalue weighted by atomic mass is 11.0. The van der Waals surface area contributed by atoms with Gasteiger partial charge in [-0.15, -0.1) is 0 Å². The Bertz CT molecular complexity index is 255. The monoisotopic (exact) mass is 214 g/mol. The van der Waals surface area contributed by atoms with Crippen molar-refractivity contribution in [2.45, 2.75) is 0 Å². The van der Waals surface area contributed by atoms with E-state index in [1.54, 1.807) is 0 Å². The number of hydrogen-bond acceptors (Lipinski definition) is 4. The Morgan fingerprint density at radius 3 is 1.09 bits per heavy atom.